The molecule has 0 aliphatic carbocycles. The molecule has 0 unspecified atom stereocenters. The smallest absolute Gasteiger partial charge is 0.223 e. The van der Waals surface area contributed by atoms with Gasteiger partial charge < -0.3 is 39.0 Å². The zero-order valence-electron chi connectivity index (χ0n) is 21.9. The zero-order valence-corrected chi connectivity index (χ0v) is 21.9. The summed E-state index contributed by atoms with van der Waals surface area (Å²) in [5.74, 6) is 1.95. The van der Waals surface area contributed by atoms with Crippen molar-refractivity contribution < 1.29 is 33.6 Å². The van der Waals surface area contributed by atoms with Crippen molar-refractivity contribution in [2.45, 2.75) is 31.4 Å². The molecular weight excluding hydrogens is 476 g/mol. The Bertz CT molecular complexity index is 902. The number of carbonyl (C=O) groups is 1. The highest BCUT2D eigenvalue weighted by molar-refractivity contribution is 5.76. The van der Waals surface area contributed by atoms with E-state index in [1.165, 1.54) is 0 Å². The second-order valence-corrected chi connectivity index (χ2v) is 8.92. The largest absolute Gasteiger partial charge is 0.497 e. The molecule has 1 saturated heterocycles. The van der Waals surface area contributed by atoms with Crippen molar-refractivity contribution in [2.24, 2.45) is 0 Å². The monoisotopic (exact) mass is 516 g/mol. The van der Waals surface area contributed by atoms with Gasteiger partial charge in [-0.2, -0.15) is 0 Å². The van der Waals surface area contributed by atoms with E-state index in [4.69, 9.17) is 23.7 Å². The molecule has 37 heavy (non-hydrogen) atoms. The zero-order chi connectivity index (χ0) is 26.3. The van der Waals surface area contributed by atoms with Crippen LogP contribution in [-0.2, 0) is 14.3 Å². The van der Waals surface area contributed by atoms with E-state index in [0.717, 1.165) is 37.2 Å². The maximum atomic E-state index is 12.7. The summed E-state index contributed by atoms with van der Waals surface area (Å²) in [4.78, 5) is 15.0. The Kier molecular flexibility index (Phi) is 12.5. The van der Waals surface area contributed by atoms with Gasteiger partial charge in [-0.05, 0) is 67.9 Å². The summed E-state index contributed by atoms with van der Waals surface area (Å²) in [7, 11) is 3.24. The number of aliphatic hydroxyl groups excluding tert-OH is 1. The number of methoxy groups -OCH3 is 2. The molecule has 0 aromatic heterocycles. The summed E-state index contributed by atoms with van der Waals surface area (Å²) in [6.07, 6.45) is 1.61. The highest BCUT2D eigenvalue weighted by Gasteiger charge is 2.26. The van der Waals surface area contributed by atoms with Crippen LogP contribution in [-0.4, -0.2) is 88.8 Å². The third-order valence-electron chi connectivity index (χ3n) is 6.19. The number of hydrogen-bond acceptors (Lipinski definition) is 8. The second-order valence-electron chi connectivity index (χ2n) is 8.92. The molecule has 2 N–H and O–H groups in total. The molecule has 1 aliphatic rings. The van der Waals surface area contributed by atoms with Crippen LogP contribution in [0.25, 0.3) is 0 Å². The predicted octanol–water partition coefficient (Wildman–Crippen LogP) is 2.82. The van der Waals surface area contributed by atoms with Crippen LogP contribution in [0.5, 0.6) is 17.2 Å². The number of rotatable bonds is 17. The molecule has 1 amide bonds. The molecule has 1 aliphatic heterocycles. The van der Waals surface area contributed by atoms with Crippen LogP contribution < -0.4 is 19.5 Å². The Labute approximate surface area is 219 Å². The molecule has 1 heterocycles. The fourth-order valence-corrected chi connectivity index (χ4v) is 4.14. The SMILES string of the molecule is COCCOCCOc1ccc([C@@H](O)[C@@H](CN2CCCC2)NC(=O)CCOc2ccc(OC)cc2)cc1. The molecule has 3 rings (SSSR count). The van der Waals surface area contributed by atoms with E-state index in [9.17, 15) is 9.90 Å². The lowest BCUT2D eigenvalue weighted by atomic mass is 10.0. The van der Waals surface area contributed by atoms with Gasteiger partial charge in [0.1, 0.15) is 30.0 Å². The van der Waals surface area contributed by atoms with Crippen molar-refractivity contribution >= 4 is 5.91 Å². The van der Waals surface area contributed by atoms with Crippen molar-refractivity contribution in [3.63, 3.8) is 0 Å². The van der Waals surface area contributed by atoms with Gasteiger partial charge >= 0.3 is 0 Å². The minimum atomic E-state index is -0.849. The van der Waals surface area contributed by atoms with Gasteiger partial charge in [0.15, 0.2) is 0 Å². The van der Waals surface area contributed by atoms with Crippen LogP contribution in [0, 0.1) is 0 Å². The molecule has 204 valence electrons. The second kappa shape index (κ2) is 16.1. The molecule has 9 nitrogen and oxygen atoms in total. The summed E-state index contributed by atoms with van der Waals surface area (Å²) in [6, 6.07) is 14.1. The van der Waals surface area contributed by atoms with Gasteiger partial charge in [-0.3, -0.25) is 4.79 Å². The van der Waals surface area contributed by atoms with Crippen molar-refractivity contribution in [3.05, 3.63) is 54.1 Å². The number of benzene rings is 2. The lowest BCUT2D eigenvalue weighted by molar-refractivity contribution is -0.123. The number of nitrogens with one attached hydrogen (secondary N) is 1. The Morgan fingerprint density at radius 2 is 1.46 bits per heavy atom. The lowest BCUT2D eigenvalue weighted by Crippen LogP contribution is -2.47. The molecule has 2 aromatic carbocycles. The lowest BCUT2D eigenvalue weighted by Gasteiger charge is -2.29. The van der Waals surface area contributed by atoms with E-state index >= 15 is 0 Å². The van der Waals surface area contributed by atoms with Crippen molar-refractivity contribution in [1.29, 1.82) is 0 Å². The Morgan fingerprint density at radius 1 is 0.865 bits per heavy atom. The number of hydrogen-bond donors (Lipinski definition) is 2. The van der Waals surface area contributed by atoms with Crippen LogP contribution in [0.15, 0.2) is 48.5 Å². The Morgan fingerprint density at radius 3 is 2.11 bits per heavy atom. The predicted molar refractivity (Wildman–Crippen MR) is 140 cm³/mol. The maximum absolute atomic E-state index is 12.7. The van der Waals surface area contributed by atoms with Crippen LogP contribution >= 0.6 is 0 Å². The van der Waals surface area contributed by atoms with Gasteiger partial charge in [0.2, 0.25) is 5.91 Å². The summed E-state index contributed by atoms with van der Waals surface area (Å²) in [5.41, 5.74) is 0.725. The molecule has 2 atom stereocenters. The number of ether oxygens (including phenoxy) is 5. The molecule has 0 saturated carbocycles. The van der Waals surface area contributed by atoms with E-state index in [1.54, 1.807) is 26.4 Å². The van der Waals surface area contributed by atoms with Crippen LogP contribution in [0.4, 0.5) is 0 Å². The first-order valence-corrected chi connectivity index (χ1v) is 12.8. The van der Waals surface area contributed by atoms with Crippen LogP contribution in [0.3, 0.4) is 0 Å². The minimum Gasteiger partial charge on any atom is -0.497 e. The molecule has 1 fully saturated rings. The molecule has 0 radical (unpaired) electrons. The molecule has 9 heteroatoms. The van der Waals surface area contributed by atoms with E-state index in [-0.39, 0.29) is 18.9 Å². The standard InChI is InChI=1S/C28H40N2O7/c1-33-17-18-35-19-20-37-24-7-5-22(6-8-24)28(32)26(21-30-14-3-4-15-30)29-27(31)13-16-36-25-11-9-23(34-2)10-12-25/h5-12,26,28,32H,3-4,13-21H2,1-2H3,(H,29,31)/t26-,28-/m1/s1. The first-order chi connectivity index (χ1) is 18.1. The van der Waals surface area contributed by atoms with Crippen molar-refractivity contribution in [3.8, 4) is 17.2 Å². The molecular formula is C28H40N2O7. The normalized spacial score (nSPS) is 15.2. The molecule has 0 spiro atoms. The average molecular weight is 517 g/mol. The Balaban J connectivity index is 1.50. The van der Waals surface area contributed by atoms with E-state index < -0.39 is 12.1 Å². The summed E-state index contributed by atoms with van der Waals surface area (Å²) < 4.78 is 26.9. The van der Waals surface area contributed by atoms with E-state index in [2.05, 4.69) is 10.2 Å². The van der Waals surface area contributed by atoms with E-state index in [1.807, 2.05) is 36.4 Å². The number of amides is 1. The van der Waals surface area contributed by atoms with Crippen molar-refractivity contribution in [1.82, 2.24) is 10.2 Å². The molecule has 2 aromatic rings. The number of carbonyl (C=O) groups excluding carboxylic acids is 1. The maximum Gasteiger partial charge on any atom is 0.223 e. The Hall–Kier alpha value is -2.85. The number of nitrogens with zero attached hydrogens (tertiary/aromatic N) is 1. The van der Waals surface area contributed by atoms with Gasteiger partial charge in [-0.15, -0.1) is 0 Å². The summed E-state index contributed by atoms with van der Waals surface area (Å²) >= 11 is 0. The minimum absolute atomic E-state index is 0.162. The van der Waals surface area contributed by atoms with Gasteiger partial charge in [-0.1, -0.05) is 12.1 Å². The average Bonchev–Trinajstić information content (AvgIpc) is 3.44. The van der Waals surface area contributed by atoms with Gasteiger partial charge in [0.25, 0.3) is 0 Å². The highest BCUT2D eigenvalue weighted by Crippen LogP contribution is 2.23. The fraction of sp³-hybridized carbons (Fsp3) is 0.536. The number of likely N-dealkylation sites (tertiary alicyclic amines) is 1. The van der Waals surface area contributed by atoms with Gasteiger partial charge in [-0.25, -0.2) is 0 Å². The number of aliphatic hydroxyl groups is 1. The van der Waals surface area contributed by atoms with E-state index in [0.29, 0.717) is 44.5 Å². The summed E-state index contributed by atoms with van der Waals surface area (Å²) in [6.45, 7) is 4.75. The van der Waals surface area contributed by atoms with Crippen LogP contribution in [0.2, 0.25) is 0 Å². The van der Waals surface area contributed by atoms with Crippen molar-refractivity contribution in [2.75, 3.05) is 66.9 Å². The van der Waals surface area contributed by atoms with Gasteiger partial charge in [0, 0.05) is 13.7 Å². The topological polar surface area (TPSA) is 98.7 Å². The van der Waals surface area contributed by atoms with Crippen LogP contribution in [0.1, 0.15) is 30.9 Å². The third-order valence-corrected chi connectivity index (χ3v) is 6.19. The molecule has 0 bridgehead atoms. The summed E-state index contributed by atoms with van der Waals surface area (Å²) in [5, 5.41) is 14.2. The first kappa shape index (κ1) is 28.7. The van der Waals surface area contributed by atoms with Gasteiger partial charge in [0.05, 0.1) is 46.0 Å². The fourth-order valence-electron chi connectivity index (χ4n) is 4.14. The third kappa shape index (κ3) is 10.2. The first-order valence-electron chi connectivity index (χ1n) is 12.8. The highest BCUT2D eigenvalue weighted by atomic mass is 16.5. The quantitative estimate of drug-likeness (QED) is 0.310.